The summed E-state index contributed by atoms with van der Waals surface area (Å²) >= 11 is 9.73. The van der Waals surface area contributed by atoms with Crippen molar-refractivity contribution in [1.82, 2.24) is 19.9 Å². The third kappa shape index (κ3) is 17.7. The molecule has 0 atom stereocenters. The fraction of sp³-hybridized carbons (Fsp3) is 0.667. The molecule has 2 aromatic heterocycles. The van der Waals surface area contributed by atoms with Gasteiger partial charge in [0, 0.05) is 26.3 Å². The van der Waals surface area contributed by atoms with E-state index in [1.807, 2.05) is 0 Å². The molecule has 48 heavy (non-hydrogen) atoms. The number of esters is 2. The first-order valence-corrected chi connectivity index (χ1v) is 18.0. The van der Waals surface area contributed by atoms with Crippen molar-refractivity contribution >= 4 is 89.6 Å². The van der Waals surface area contributed by atoms with Gasteiger partial charge in [0.1, 0.15) is 26.9 Å². The lowest BCUT2D eigenvalue weighted by molar-refractivity contribution is -0.141. The first kappa shape index (κ1) is 44.1. The lowest BCUT2D eigenvalue weighted by Crippen LogP contribution is -2.30. The van der Waals surface area contributed by atoms with Crippen molar-refractivity contribution < 1.29 is 28.5 Å². The molecular formula is C30H48Br3ClN8O6. The molecule has 18 heteroatoms. The Labute approximate surface area is 314 Å². The van der Waals surface area contributed by atoms with Crippen LogP contribution < -0.4 is 21.7 Å². The summed E-state index contributed by atoms with van der Waals surface area (Å²) in [6.07, 6.45) is 12.6. The molecule has 0 aromatic carbocycles. The lowest BCUT2D eigenvalue weighted by Gasteiger charge is -2.29. The molecule has 0 aliphatic heterocycles. The molecule has 2 aliphatic rings. The first-order valence-electron chi connectivity index (χ1n) is 15.7. The van der Waals surface area contributed by atoms with E-state index < -0.39 is 0 Å². The summed E-state index contributed by atoms with van der Waals surface area (Å²) in [6, 6.07) is 0.768. The van der Waals surface area contributed by atoms with Crippen LogP contribution in [0.15, 0.2) is 26.2 Å². The van der Waals surface area contributed by atoms with Crippen LogP contribution >= 0.6 is 60.2 Å². The van der Waals surface area contributed by atoms with Crippen molar-refractivity contribution in [1.29, 1.82) is 0 Å². The number of anilines is 3. The fourth-order valence-electron chi connectivity index (χ4n) is 4.76. The van der Waals surface area contributed by atoms with Crippen LogP contribution in [0.1, 0.15) is 65.2 Å². The number of ether oxygens (including phenoxy) is 4. The highest BCUT2D eigenvalue weighted by atomic mass is 79.9. The maximum atomic E-state index is 11.5. The minimum Gasteiger partial charge on any atom is -0.465 e. The largest absolute Gasteiger partial charge is 0.465 e. The van der Waals surface area contributed by atoms with E-state index in [0.717, 1.165) is 51.4 Å². The smallest absolute Gasteiger partial charge is 0.325 e. The molecule has 2 fully saturated rings. The average molecular weight is 892 g/mol. The van der Waals surface area contributed by atoms with Crippen LogP contribution in [0.3, 0.4) is 0 Å². The van der Waals surface area contributed by atoms with Crippen LogP contribution in [-0.4, -0.2) is 96.7 Å². The minimum atomic E-state index is -0.325. The number of aromatic nitrogens is 4. The van der Waals surface area contributed by atoms with Crippen LogP contribution in [-0.2, 0) is 28.5 Å². The molecule has 2 heterocycles. The van der Waals surface area contributed by atoms with Gasteiger partial charge >= 0.3 is 11.9 Å². The van der Waals surface area contributed by atoms with E-state index >= 15 is 0 Å². The van der Waals surface area contributed by atoms with Gasteiger partial charge in [-0.05, 0) is 113 Å². The Bertz CT molecular complexity index is 1230. The lowest BCUT2D eigenvalue weighted by atomic mass is 9.93. The van der Waals surface area contributed by atoms with Gasteiger partial charge in [-0.2, -0.15) is 0 Å². The molecule has 2 aliphatic carbocycles. The molecule has 14 nitrogen and oxygen atoms in total. The van der Waals surface area contributed by atoms with Crippen molar-refractivity contribution in [2.24, 2.45) is 5.73 Å². The number of rotatable bonds is 12. The second-order valence-corrected chi connectivity index (χ2v) is 13.0. The second-order valence-electron chi connectivity index (χ2n) is 10.7. The van der Waals surface area contributed by atoms with Crippen molar-refractivity contribution in [2.75, 3.05) is 56.5 Å². The summed E-state index contributed by atoms with van der Waals surface area (Å²) in [7, 11) is 3.54. The van der Waals surface area contributed by atoms with Crippen molar-refractivity contribution in [3.63, 3.8) is 0 Å². The van der Waals surface area contributed by atoms with Crippen LogP contribution in [0.25, 0.3) is 0 Å². The van der Waals surface area contributed by atoms with E-state index in [1.54, 1.807) is 34.3 Å². The number of hydrogen-bond acceptors (Lipinski definition) is 14. The van der Waals surface area contributed by atoms with Gasteiger partial charge in [-0.15, -0.1) is 12.4 Å². The number of nitrogens with two attached hydrogens (primary N) is 1. The highest BCUT2D eigenvalue weighted by molar-refractivity contribution is 9.11. The molecule has 0 radical (unpaired) electrons. The van der Waals surface area contributed by atoms with Gasteiger partial charge in [0.2, 0.25) is 0 Å². The molecule has 272 valence electrons. The summed E-state index contributed by atoms with van der Waals surface area (Å²) in [5.41, 5.74) is 5.70. The number of hydrogen-bond donors (Lipinski definition) is 4. The third-order valence-corrected chi connectivity index (χ3v) is 8.57. The van der Waals surface area contributed by atoms with Gasteiger partial charge in [0.25, 0.3) is 0 Å². The Hall–Kier alpha value is -1.89. The van der Waals surface area contributed by atoms with Crippen LogP contribution in [0.2, 0.25) is 0 Å². The number of carbonyl (C=O) groups is 2. The number of methoxy groups -OCH3 is 2. The first-order chi connectivity index (χ1) is 22.6. The van der Waals surface area contributed by atoms with Crippen molar-refractivity contribution in [3.05, 3.63) is 26.2 Å². The molecule has 2 aromatic rings. The Morgan fingerprint density at radius 3 is 1.69 bits per heavy atom. The summed E-state index contributed by atoms with van der Waals surface area (Å²) in [6.45, 7) is 4.40. The quantitative estimate of drug-likeness (QED) is 0.185. The summed E-state index contributed by atoms with van der Waals surface area (Å²) < 4.78 is 22.0. The molecule has 5 N–H and O–H groups in total. The van der Waals surface area contributed by atoms with Crippen LogP contribution in [0.5, 0.6) is 0 Å². The van der Waals surface area contributed by atoms with E-state index in [0.29, 0.717) is 68.8 Å². The second kappa shape index (κ2) is 25.1. The van der Waals surface area contributed by atoms with E-state index in [4.69, 9.17) is 24.7 Å². The van der Waals surface area contributed by atoms with Gasteiger partial charge < -0.3 is 40.6 Å². The van der Waals surface area contributed by atoms with Crippen molar-refractivity contribution in [2.45, 2.75) is 89.5 Å². The van der Waals surface area contributed by atoms with Crippen LogP contribution in [0.4, 0.5) is 17.5 Å². The van der Waals surface area contributed by atoms with E-state index in [1.165, 1.54) is 6.20 Å². The summed E-state index contributed by atoms with van der Waals surface area (Å²) in [4.78, 5) is 39.3. The highest BCUT2D eigenvalue weighted by Crippen LogP contribution is 2.26. The molecule has 0 unspecified atom stereocenters. The molecule has 0 spiro atoms. The zero-order valence-corrected chi connectivity index (χ0v) is 33.4. The Balaban J connectivity index is 0.000000395. The van der Waals surface area contributed by atoms with E-state index in [9.17, 15) is 9.59 Å². The molecule has 0 bridgehead atoms. The van der Waals surface area contributed by atoms with Gasteiger partial charge in [0.05, 0.1) is 37.8 Å². The van der Waals surface area contributed by atoms with Crippen LogP contribution in [0, 0.1) is 0 Å². The highest BCUT2D eigenvalue weighted by Gasteiger charge is 2.22. The monoisotopic (exact) mass is 888 g/mol. The average Bonchev–Trinajstić information content (AvgIpc) is 3.06. The number of halogens is 4. The zero-order chi connectivity index (χ0) is 34.6. The Morgan fingerprint density at radius 2 is 1.21 bits per heavy atom. The van der Waals surface area contributed by atoms with E-state index in [2.05, 4.69) is 83.7 Å². The van der Waals surface area contributed by atoms with Gasteiger partial charge in [0.15, 0.2) is 17.5 Å². The molecule has 2 saturated carbocycles. The number of carbonyl (C=O) groups excluding carboxylic acids is 2. The molecule has 4 rings (SSSR count). The molecule has 0 amide bonds. The maximum absolute atomic E-state index is 11.5. The van der Waals surface area contributed by atoms with Gasteiger partial charge in [-0.25, -0.2) is 19.9 Å². The third-order valence-electron chi connectivity index (χ3n) is 7.26. The number of nitrogens with zero attached hydrogens (tertiary/aromatic N) is 4. The summed E-state index contributed by atoms with van der Waals surface area (Å²) in [5, 5.41) is 9.20. The minimum absolute atomic E-state index is 0. The SMILES string of the molecule is CCOC(=O)CNc1ncc(Br)nc1Br.CCOC(=O)CNc1ncc(Br)nc1NC1CCC(OC)CC1.COC1CCC(N)CC1.Cl. The summed E-state index contributed by atoms with van der Waals surface area (Å²) in [5.74, 6) is 1.06. The predicted molar refractivity (Wildman–Crippen MR) is 199 cm³/mol. The molecular weight excluding hydrogens is 844 g/mol. The van der Waals surface area contributed by atoms with E-state index in [-0.39, 0.29) is 37.4 Å². The Kier molecular flexibility index (Phi) is 23.1. The maximum Gasteiger partial charge on any atom is 0.325 e. The number of nitrogens with one attached hydrogen (secondary N) is 3. The predicted octanol–water partition coefficient (Wildman–Crippen LogP) is 5.88. The van der Waals surface area contributed by atoms with Gasteiger partial charge in [-0.1, -0.05) is 0 Å². The van der Waals surface area contributed by atoms with Gasteiger partial charge in [-0.3, -0.25) is 9.59 Å². The van der Waals surface area contributed by atoms with Crippen molar-refractivity contribution in [3.8, 4) is 0 Å². The fourth-order valence-corrected chi connectivity index (χ4v) is 5.99. The topological polar surface area (TPSA) is 185 Å². The molecule has 0 saturated heterocycles. The Morgan fingerprint density at radius 1 is 0.750 bits per heavy atom. The zero-order valence-electron chi connectivity index (χ0n) is 27.8. The normalized spacial score (nSPS) is 19.9. The standard InChI is InChI=1S/C15H23BrN4O3.C8H9Br2N3O2.C7H15NO.ClH/c1-3-23-13(21)9-18-14-15(20-12(16)8-17-14)19-10-4-6-11(22-2)7-5-10;1-2-15-6(14)4-12-8-7(10)13-5(9)3-11-8;1-9-7-4-2-6(8)3-5-7;/h8,10-11H,3-7,9H2,1-2H3,(H,17,18)(H,19,20);3H,2,4H2,1H3,(H,11,12);6-7H,2-5,8H2,1H3;1H.